The summed E-state index contributed by atoms with van der Waals surface area (Å²) in [6.07, 6.45) is 0. The third-order valence-electron chi connectivity index (χ3n) is 2.42. The number of amides is 1. The van der Waals surface area contributed by atoms with Crippen LogP contribution in [0.4, 0.5) is 5.69 Å². The molecule has 0 saturated heterocycles. The van der Waals surface area contributed by atoms with Gasteiger partial charge in [0, 0.05) is 14.6 Å². The van der Waals surface area contributed by atoms with Gasteiger partial charge in [0.2, 0.25) is 0 Å². The maximum atomic E-state index is 12.1. The largest absolute Gasteiger partial charge is 0.506 e. The van der Waals surface area contributed by atoms with E-state index in [1.807, 2.05) is 12.1 Å². The summed E-state index contributed by atoms with van der Waals surface area (Å²) >= 11 is 9.79. The molecule has 0 aromatic heterocycles. The Labute approximate surface area is 135 Å². The molecular weight excluding hydrogens is 442 g/mol. The zero-order valence-corrected chi connectivity index (χ0v) is 14.2. The standard InChI is InChI=1S/C13H8Br3NO2/c14-7-1-3-8(4-2-7)17-13(19)9-5-6-10(15)11(16)12(9)18/h1-6,18H,(H,17,19). The monoisotopic (exact) mass is 447 g/mol. The minimum Gasteiger partial charge on any atom is -0.506 e. The number of phenols is 1. The van der Waals surface area contributed by atoms with Gasteiger partial charge < -0.3 is 10.4 Å². The second kappa shape index (κ2) is 6.07. The molecule has 0 radical (unpaired) electrons. The highest BCUT2D eigenvalue weighted by Gasteiger charge is 2.15. The number of phenolic OH excluding ortho intramolecular Hbond substituents is 1. The van der Waals surface area contributed by atoms with Crippen LogP contribution >= 0.6 is 47.8 Å². The lowest BCUT2D eigenvalue weighted by Gasteiger charge is -2.09. The van der Waals surface area contributed by atoms with Gasteiger partial charge in [0.05, 0.1) is 10.0 Å². The van der Waals surface area contributed by atoms with Crippen molar-refractivity contribution in [2.45, 2.75) is 0 Å². The summed E-state index contributed by atoms with van der Waals surface area (Å²) in [4.78, 5) is 12.1. The predicted molar refractivity (Wildman–Crippen MR) is 85.6 cm³/mol. The predicted octanol–water partition coefficient (Wildman–Crippen LogP) is 4.93. The summed E-state index contributed by atoms with van der Waals surface area (Å²) < 4.78 is 2.07. The van der Waals surface area contributed by atoms with Crippen molar-refractivity contribution in [1.82, 2.24) is 0 Å². The summed E-state index contributed by atoms with van der Waals surface area (Å²) in [7, 11) is 0. The highest BCUT2D eigenvalue weighted by atomic mass is 79.9. The Morgan fingerprint density at radius 3 is 2.26 bits per heavy atom. The van der Waals surface area contributed by atoms with E-state index in [0.717, 1.165) is 4.47 Å². The molecule has 0 heterocycles. The van der Waals surface area contributed by atoms with Gasteiger partial charge in [0.15, 0.2) is 0 Å². The Balaban J connectivity index is 2.25. The smallest absolute Gasteiger partial charge is 0.259 e. The minimum atomic E-state index is -0.368. The zero-order valence-electron chi connectivity index (χ0n) is 9.45. The number of carbonyl (C=O) groups is 1. The van der Waals surface area contributed by atoms with Crippen LogP contribution in [0, 0.1) is 0 Å². The van der Waals surface area contributed by atoms with Crippen LogP contribution in [0.25, 0.3) is 0 Å². The van der Waals surface area contributed by atoms with Gasteiger partial charge in [0.25, 0.3) is 5.91 Å². The summed E-state index contributed by atoms with van der Waals surface area (Å²) in [6.45, 7) is 0. The molecule has 0 saturated carbocycles. The lowest BCUT2D eigenvalue weighted by atomic mass is 10.2. The molecule has 1 amide bonds. The van der Waals surface area contributed by atoms with Crippen molar-refractivity contribution in [2.75, 3.05) is 5.32 Å². The molecule has 3 nitrogen and oxygen atoms in total. The van der Waals surface area contributed by atoms with Gasteiger partial charge in [-0.15, -0.1) is 0 Å². The van der Waals surface area contributed by atoms with Gasteiger partial charge in [0.1, 0.15) is 5.75 Å². The Bertz CT molecular complexity index is 627. The first-order valence-corrected chi connectivity index (χ1v) is 7.61. The van der Waals surface area contributed by atoms with E-state index in [4.69, 9.17) is 0 Å². The molecule has 2 N–H and O–H groups in total. The molecule has 0 spiro atoms. The second-order valence-electron chi connectivity index (χ2n) is 3.72. The summed E-state index contributed by atoms with van der Waals surface area (Å²) in [5, 5.41) is 12.6. The lowest BCUT2D eigenvalue weighted by molar-refractivity contribution is 0.102. The van der Waals surface area contributed by atoms with Crippen LogP contribution in [0.1, 0.15) is 10.4 Å². The maximum Gasteiger partial charge on any atom is 0.259 e. The molecule has 98 valence electrons. The summed E-state index contributed by atoms with van der Waals surface area (Å²) in [5.41, 5.74) is 0.865. The van der Waals surface area contributed by atoms with Gasteiger partial charge in [-0.25, -0.2) is 0 Å². The maximum absolute atomic E-state index is 12.1. The molecule has 0 fully saturated rings. The van der Waals surface area contributed by atoms with Gasteiger partial charge in [-0.3, -0.25) is 4.79 Å². The quantitative estimate of drug-likeness (QED) is 0.682. The number of hydrogen-bond acceptors (Lipinski definition) is 2. The van der Waals surface area contributed by atoms with Crippen molar-refractivity contribution in [2.24, 2.45) is 0 Å². The molecule has 0 unspecified atom stereocenters. The normalized spacial score (nSPS) is 10.3. The Morgan fingerprint density at radius 2 is 1.63 bits per heavy atom. The van der Waals surface area contributed by atoms with Crippen molar-refractivity contribution in [1.29, 1.82) is 0 Å². The second-order valence-corrected chi connectivity index (χ2v) is 6.28. The number of nitrogens with one attached hydrogen (secondary N) is 1. The summed E-state index contributed by atoms with van der Waals surface area (Å²) in [5.74, 6) is -0.461. The molecule has 0 bridgehead atoms. The molecular formula is C13H8Br3NO2. The van der Waals surface area contributed by atoms with Crippen molar-refractivity contribution >= 4 is 59.4 Å². The van der Waals surface area contributed by atoms with E-state index >= 15 is 0 Å². The van der Waals surface area contributed by atoms with Crippen LogP contribution in [0.5, 0.6) is 5.75 Å². The molecule has 19 heavy (non-hydrogen) atoms. The molecule has 2 aromatic carbocycles. The van der Waals surface area contributed by atoms with E-state index < -0.39 is 0 Å². The topological polar surface area (TPSA) is 49.3 Å². The number of halogens is 3. The van der Waals surface area contributed by atoms with E-state index in [2.05, 4.69) is 53.1 Å². The van der Waals surface area contributed by atoms with Crippen LogP contribution in [0.2, 0.25) is 0 Å². The highest BCUT2D eigenvalue weighted by molar-refractivity contribution is 9.13. The van der Waals surface area contributed by atoms with Crippen molar-refractivity contribution < 1.29 is 9.90 Å². The molecule has 6 heteroatoms. The van der Waals surface area contributed by atoms with Crippen LogP contribution in [0.3, 0.4) is 0 Å². The van der Waals surface area contributed by atoms with E-state index in [-0.39, 0.29) is 17.2 Å². The van der Waals surface area contributed by atoms with Crippen molar-refractivity contribution in [3.8, 4) is 5.75 Å². The molecule has 0 aliphatic carbocycles. The number of benzene rings is 2. The van der Waals surface area contributed by atoms with Crippen LogP contribution in [-0.2, 0) is 0 Å². The Morgan fingerprint density at radius 1 is 1.00 bits per heavy atom. The molecule has 2 rings (SSSR count). The third-order valence-corrected chi connectivity index (χ3v) is 4.94. The van der Waals surface area contributed by atoms with Crippen molar-refractivity contribution in [3.63, 3.8) is 0 Å². The first-order chi connectivity index (χ1) is 8.99. The third kappa shape index (κ3) is 3.38. The van der Waals surface area contributed by atoms with Gasteiger partial charge in [-0.2, -0.15) is 0 Å². The zero-order chi connectivity index (χ0) is 14.0. The number of rotatable bonds is 2. The van der Waals surface area contributed by atoms with E-state index in [9.17, 15) is 9.90 Å². The first kappa shape index (κ1) is 14.6. The Kier molecular flexibility index (Phi) is 4.65. The fourth-order valence-electron chi connectivity index (χ4n) is 1.45. The average Bonchev–Trinajstić information content (AvgIpc) is 2.39. The van der Waals surface area contributed by atoms with Crippen LogP contribution in [-0.4, -0.2) is 11.0 Å². The van der Waals surface area contributed by atoms with Gasteiger partial charge in [-0.1, -0.05) is 15.9 Å². The van der Waals surface area contributed by atoms with E-state index in [1.54, 1.807) is 24.3 Å². The number of hydrogen-bond donors (Lipinski definition) is 2. The number of carbonyl (C=O) groups excluding carboxylic acids is 1. The van der Waals surface area contributed by atoms with Gasteiger partial charge >= 0.3 is 0 Å². The fraction of sp³-hybridized carbons (Fsp3) is 0. The minimum absolute atomic E-state index is 0.0935. The summed E-state index contributed by atoms with van der Waals surface area (Å²) in [6, 6.07) is 10.4. The average molecular weight is 450 g/mol. The SMILES string of the molecule is O=C(Nc1ccc(Br)cc1)c1ccc(Br)c(Br)c1O. The molecule has 0 aliphatic heterocycles. The molecule has 0 aliphatic rings. The highest BCUT2D eigenvalue weighted by Crippen LogP contribution is 2.34. The van der Waals surface area contributed by atoms with Crippen LogP contribution < -0.4 is 5.32 Å². The molecule has 2 aromatic rings. The van der Waals surface area contributed by atoms with Crippen LogP contribution in [0.15, 0.2) is 49.8 Å². The lowest BCUT2D eigenvalue weighted by Crippen LogP contribution is -2.12. The number of anilines is 1. The number of aromatic hydroxyl groups is 1. The fourth-order valence-corrected chi connectivity index (χ4v) is 2.38. The van der Waals surface area contributed by atoms with E-state index in [1.165, 1.54) is 0 Å². The van der Waals surface area contributed by atoms with Gasteiger partial charge in [-0.05, 0) is 68.3 Å². The first-order valence-electron chi connectivity index (χ1n) is 5.23. The molecule has 0 atom stereocenters. The van der Waals surface area contributed by atoms with Crippen molar-refractivity contribution in [3.05, 3.63) is 55.4 Å². The Hall–Kier alpha value is -0.850. The van der Waals surface area contributed by atoms with E-state index in [0.29, 0.717) is 14.6 Å².